The largest absolute Gasteiger partial charge is 0.491 e. The molecule has 0 spiro atoms. The normalized spacial score (nSPS) is 9.77. The van der Waals surface area contributed by atoms with E-state index in [4.69, 9.17) is 14.7 Å². The molecule has 1 N–H and O–H groups in total. The molecule has 22 heavy (non-hydrogen) atoms. The Morgan fingerprint density at radius 1 is 1.05 bits per heavy atom. The zero-order valence-corrected chi connectivity index (χ0v) is 12.0. The van der Waals surface area contributed by atoms with Gasteiger partial charge in [-0.05, 0) is 24.3 Å². The van der Waals surface area contributed by atoms with Crippen molar-refractivity contribution in [3.8, 4) is 11.8 Å². The van der Waals surface area contributed by atoms with Crippen LogP contribution in [0.3, 0.4) is 0 Å². The van der Waals surface area contributed by atoms with Crippen LogP contribution in [0.15, 0.2) is 54.6 Å². The van der Waals surface area contributed by atoms with Crippen LogP contribution in [0.1, 0.15) is 5.56 Å². The van der Waals surface area contributed by atoms with E-state index in [1.807, 2.05) is 36.4 Å². The molecule has 5 nitrogen and oxygen atoms in total. The second-order valence-corrected chi connectivity index (χ2v) is 4.42. The quantitative estimate of drug-likeness (QED) is 0.797. The summed E-state index contributed by atoms with van der Waals surface area (Å²) in [5, 5.41) is 11.6. The summed E-state index contributed by atoms with van der Waals surface area (Å²) in [4.78, 5) is 11.7. The Balaban J connectivity index is 1.67. The van der Waals surface area contributed by atoms with Crippen LogP contribution in [0, 0.1) is 11.3 Å². The highest BCUT2D eigenvalue weighted by Crippen LogP contribution is 2.13. The van der Waals surface area contributed by atoms with Crippen molar-refractivity contribution in [3.63, 3.8) is 0 Å². The van der Waals surface area contributed by atoms with Gasteiger partial charge in [-0.2, -0.15) is 5.26 Å². The lowest BCUT2D eigenvalue weighted by atomic mass is 10.2. The number of carbonyl (C=O) groups is 1. The lowest BCUT2D eigenvalue weighted by Gasteiger charge is -2.08. The molecule has 0 saturated heterocycles. The summed E-state index contributed by atoms with van der Waals surface area (Å²) in [6.07, 6.45) is 0. The number of amides is 1. The maximum Gasteiger partial charge on any atom is 0.250 e. The second-order valence-electron chi connectivity index (χ2n) is 4.42. The fourth-order valence-electron chi connectivity index (χ4n) is 1.78. The number of carbonyl (C=O) groups excluding carboxylic acids is 1. The van der Waals surface area contributed by atoms with E-state index in [1.165, 1.54) is 0 Å². The van der Waals surface area contributed by atoms with Crippen LogP contribution in [0.5, 0.6) is 5.75 Å². The Labute approximate surface area is 129 Å². The van der Waals surface area contributed by atoms with Crippen molar-refractivity contribution < 1.29 is 14.3 Å². The average Bonchev–Trinajstić information content (AvgIpc) is 2.56. The molecule has 1 amide bonds. The fourth-order valence-corrected chi connectivity index (χ4v) is 1.78. The summed E-state index contributed by atoms with van der Waals surface area (Å²) in [5.74, 6) is 0.459. The molecule has 2 aromatic carbocycles. The molecule has 2 rings (SSSR count). The van der Waals surface area contributed by atoms with E-state index < -0.39 is 0 Å². The Hall–Kier alpha value is -2.84. The lowest BCUT2D eigenvalue weighted by molar-refractivity contribution is -0.120. The highest BCUT2D eigenvalue weighted by Gasteiger charge is 2.06. The van der Waals surface area contributed by atoms with Gasteiger partial charge in [-0.1, -0.05) is 30.3 Å². The van der Waals surface area contributed by atoms with Gasteiger partial charge in [0.15, 0.2) is 0 Å². The molecule has 0 unspecified atom stereocenters. The number of nitrogens with zero attached hydrogens (tertiary/aromatic N) is 1. The van der Waals surface area contributed by atoms with Gasteiger partial charge in [0.1, 0.15) is 25.0 Å². The maximum absolute atomic E-state index is 11.7. The molecule has 0 bridgehead atoms. The molecule has 112 valence electrons. The Morgan fingerprint density at radius 3 is 2.55 bits per heavy atom. The molecule has 0 aliphatic carbocycles. The number of nitrogens with one attached hydrogen (secondary N) is 1. The number of ether oxygens (including phenoxy) is 2. The first-order valence-corrected chi connectivity index (χ1v) is 6.84. The summed E-state index contributed by atoms with van der Waals surface area (Å²) in [5.41, 5.74) is 0.905. The van der Waals surface area contributed by atoms with Crippen LogP contribution < -0.4 is 10.1 Å². The molecule has 0 heterocycles. The van der Waals surface area contributed by atoms with Crippen LogP contribution in [0.2, 0.25) is 0 Å². The van der Waals surface area contributed by atoms with Gasteiger partial charge in [-0.25, -0.2) is 0 Å². The third-order valence-electron chi connectivity index (χ3n) is 2.79. The Bertz CT molecular complexity index is 650. The van der Waals surface area contributed by atoms with Crippen molar-refractivity contribution in [1.82, 2.24) is 0 Å². The SMILES string of the molecule is N#Cc1ccccc1NC(=O)COCCOc1ccccc1. The predicted molar refractivity (Wildman–Crippen MR) is 82.5 cm³/mol. The van der Waals surface area contributed by atoms with Crippen molar-refractivity contribution in [2.24, 2.45) is 0 Å². The maximum atomic E-state index is 11.7. The lowest BCUT2D eigenvalue weighted by Crippen LogP contribution is -2.20. The highest BCUT2D eigenvalue weighted by atomic mass is 16.5. The minimum atomic E-state index is -0.303. The topological polar surface area (TPSA) is 71.4 Å². The summed E-state index contributed by atoms with van der Waals surface area (Å²) in [7, 11) is 0. The molecule has 0 aromatic heterocycles. The number of hydrogen-bond donors (Lipinski definition) is 1. The molecule has 5 heteroatoms. The van der Waals surface area contributed by atoms with Crippen molar-refractivity contribution in [1.29, 1.82) is 5.26 Å². The molecule has 0 radical (unpaired) electrons. The molecular weight excluding hydrogens is 280 g/mol. The molecule has 0 atom stereocenters. The molecule has 0 aliphatic rings. The van der Waals surface area contributed by atoms with E-state index in [0.29, 0.717) is 24.5 Å². The number of para-hydroxylation sites is 2. The molecule has 0 fully saturated rings. The smallest absolute Gasteiger partial charge is 0.250 e. The first-order valence-electron chi connectivity index (χ1n) is 6.84. The van der Waals surface area contributed by atoms with Crippen LogP contribution in [0.25, 0.3) is 0 Å². The zero-order valence-electron chi connectivity index (χ0n) is 12.0. The van der Waals surface area contributed by atoms with Crippen molar-refractivity contribution in [2.75, 3.05) is 25.1 Å². The van der Waals surface area contributed by atoms with E-state index >= 15 is 0 Å². The summed E-state index contributed by atoms with van der Waals surface area (Å²) in [6.45, 7) is 0.589. The fraction of sp³-hybridized carbons (Fsp3) is 0.176. The van der Waals surface area contributed by atoms with Gasteiger partial charge in [-0.3, -0.25) is 4.79 Å². The molecular formula is C17H16N2O3. The summed E-state index contributed by atoms with van der Waals surface area (Å²) < 4.78 is 10.7. The number of nitriles is 1. The Morgan fingerprint density at radius 2 is 1.77 bits per heavy atom. The van der Waals surface area contributed by atoms with Gasteiger partial charge in [0.25, 0.3) is 0 Å². The highest BCUT2D eigenvalue weighted by molar-refractivity contribution is 5.92. The Kier molecular flexibility index (Phi) is 5.97. The van der Waals surface area contributed by atoms with E-state index in [0.717, 1.165) is 5.75 Å². The van der Waals surface area contributed by atoms with Crippen molar-refractivity contribution in [3.05, 3.63) is 60.2 Å². The van der Waals surface area contributed by atoms with E-state index in [2.05, 4.69) is 5.32 Å². The first-order chi connectivity index (χ1) is 10.8. The number of rotatable bonds is 7. The monoisotopic (exact) mass is 296 g/mol. The van der Waals surface area contributed by atoms with Crippen LogP contribution in [-0.4, -0.2) is 25.7 Å². The van der Waals surface area contributed by atoms with E-state index in [-0.39, 0.29) is 12.5 Å². The van der Waals surface area contributed by atoms with Crippen molar-refractivity contribution >= 4 is 11.6 Å². The van der Waals surface area contributed by atoms with Gasteiger partial charge in [-0.15, -0.1) is 0 Å². The molecule has 2 aromatic rings. The standard InChI is InChI=1S/C17H16N2O3/c18-12-14-6-4-5-9-16(14)19-17(20)13-21-10-11-22-15-7-2-1-3-8-15/h1-9H,10-11,13H2,(H,19,20). The number of anilines is 1. The second kappa shape index (κ2) is 8.45. The third kappa shape index (κ3) is 4.93. The van der Waals surface area contributed by atoms with Crippen molar-refractivity contribution in [2.45, 2.75) is 0 Å². The number of benzene rings is 2. The summed E-state index contributed by atoms with van der Waals surface area (Å²) >= 11 is 0. The first kappa shape index (κ1) is 15.5. The van der Waals surface area contributed by atoms with Crippen LogP contribution >= 0.6 is 0 Å². The predicted octanol–water partition coefficient (Wildman–Crippen LogP) is 2.59. The third-order valence-corrected chi connectivity index (χ3v) is 2.79. The van der Waals surface area contributed by atoms with E-state index in [1.54, 1.807) is 24.3 Å². The molecule has 0 saturated carbocycles. The van der Waals surface area contributed by atoms with Gasteiger partial charge >= 0.3 is 0 Å². The summed E-state index contributed by atoms with van der Waals surface area (Å²) in [6, 6.07) is 18.2. The van der Waals surface area contributed by atoms with Crippen LogP contribution in [-0.2, 0) is 9.53 Å². The molecule has 0 aliphatic heterocycles. The van der Waals surface area contributed by atoms with Gasteiger partial charge in [0.05, 0.1) is 17.9 Å². The minimum Gasteiger partial charge on any atom is -0.491 e. The van der Waals surface area contributed by atoms with Gasteiger partial charge in [0.2, 0.25) is 5.91 Å². The average molecular weight is 296 g/mol. The van der Waals surface area contributed by atoms with Gasteiger partial charge in [0, 0.05) is 0 Å². The van der Waals surface area contributed by atoms with E-state index in [9.17, 15) is 4.79 Å². The zero-order chi connectivity index (χ0) is 15.6. The number of hydrogen-bond acceptors (Lipinski definition) is 4. The van der Waals surface area contributed by atoms with Gasteiger partial charge < -0.3 is 14.8 Å². The van der Waals surface area contributed by atoms with Crippen LogP contribution in [0.4, 0.5) is 5.69 Å². The minimum absolute atomic E-state index is 0.0854.